The lowest BCUT2D eigenvalue weighted by atomic mass is 10.2. The molecule has 0 fully saturated rings. The number of fused-ring (bicyclic) bond motifs is 2. The van der Waals surface area contributed by atoms with Crippen molar-refractivity contribution < 1.29 is 13.9 Å². The zero-order chi connectivity index (χ0) is 18.5. The van der Waals surface area contributed by atoms with E-state index in [-0.39, 0.29) is 5.43 Å². The van der Waals surface area contributed by atoms with Crippen molar-refractivity contribution in [2.75, 3.05) is 13.2 Å². The fourth-order valence-electron chi connectivity index (χ4n) is 2.92. The van der Waals surface area contributed by atoms with E-state index in [0.717, 1.165) is 29.5 Å². The van der Waals surface area contributed by atoms with E-state index in [1.165, 1.54) is 12.3 Å². The monoisotopic (exact) mass is 361 g/mol. The Bertz CT molecular complexity index is 1110. The van der Waals surface area contributed by atoms with Gasteiger partial charge in [0.2, 0.25) is 0 Å². The third-order valence-electron chi connectivity index (χ3n) is 4.29. The number of unbranched alkanes of at least 4 members (excludes halogenated alkanes) is 1. The van der Waals surface area contributed by atoms with Crippen LogP contribution in [0.4, 0.5) is 0 Å². The van der Waals surface area contributed by atoms with Gasteiger partial charge in [0.1, 0.15) is 22.6 Å². The molecule has 0 spiro atoms. The average molecular weight is 361 g/mol. The summed E-state index contributed by atoms with van der Waals surface area (Å²) in [4.78, 5) is 16.1. The molecule has 2 aromatic heterocycles. The summed E-state index contributed by atoms with van der Waals surface area (Å²) in [6.07, 6.45) is 4.89. The molecule has 0 amide bonds. The highest BCUT2D eigenvalue weighted by atomic mass is 16.5. The Morgan fingerprint density at radius 2 is 1.78 bits per heavy atom. The van der Waals surface area contributed by atoms with Gasteiger partial charge in [-0.2, -0.15) is 0 Å². The topological polar surface area (TPSA) is 61.6 Å². The summed E-state index contributed by atoms with van der Waals surface area (Å²) in [5, 5.41) is 1.63. The quantitative estimate of drug-likeness (QED) is 0.451. The van der Waals surface area contributed by atoms with Crippen LogP contribution < -0.4 is 14.9 Å². The minimum atomic E-state index is -0.0529. The molecular formula is C22H19NO4. The first-order chi connectivity index (χ1) is 13.3. The number of hydrogen-bond donors (Lipinski definition) is 0. The zero-order valence-electron chi connectivity index (χ0n) is 14.8. The standard InChI is InChI=1S/C22H19NO4/c24-19-10-14-27-21-15-17(8-9-18(19)21)25-12-1-2-13-26-20-7-3-5-16-6-4-11-23-22(16)20/h3-11,14-15H,1-2,12-13H2. The number of benzene rings is 2. The largest absolute Gasteiger partial charge is 0.493 e. The van der Waals surface area contributed by atoms with Crippen LogP contribution in [0, 0.1) is 0 Å². The summed E-state index contributed by atoms with van der Waals surface area (Å²) in [7, 11) is 0. The second-order valence-corrected chi connectivity index (χ2v) is 6.18. The number of hydrogen-bond acceptors (Lipinski definition) is 5. The van der Waals surface area contributed by atoms with E-state index >= 15 is 0 Å². The van der Waals surface area contributed by atoms with Crippen molar-refractivity contribution in [3.8, 4) is 11.5 Å². The van der Waals surface area contributed by atoms with Gasteiger partial charge in [-0.15, -0.1) is 0 Å². The summed E-state index contributed by atoms with van der Waals surface area (Å²) < 4.78 is 17.0. The molecule has 4 aromatic rings. The highest BCUT2D eigenvalue weighted by Crippen LogP contribution is 2.23. The third-order valence-corrected chi connectivity index (χ3v) is 4.29. The fourth-order valence-corrected chi connectivity index (χ4v) is 2.92. The SMILES string of the molecule is O=c1ccoc2cc(OCCCCOc3cccc4cccnc34)ccc12. The smallest absolute Gasteiger partial charge is 0.192 e. The maximum absolute atomic E-state index is 11.7. The van der Waals surface area contributed by atoms with E-state index < -0.39 is 0 Å². The predicted octanol–water partition coefficient (Wildman–Crippen LogP) is 4.58. The van der Waals surface area contributed by atoms with Crippen molar-refractivity contribution in [3.05, 3.63) is 77.3 Å². The Balaban J connectivity index is 1.26. The van der Waals surface area contributed by atoms with Gasteiger partial charge in [0.25, 0.3) is 0 Å². The van der Waals surface area contributed by atoms with Gasteiger partial charge >= 0.3 is 0 Å². The van der Waals surface area contributed by atoms with Gasteiger partial charge < -0.3 is 13.9 Å². The Hall–Kier alpha value is -3.34. The molecule has 0 unspecified atom stereocenters. The summed E-state index contributed by atoms with van der Waals surface area (Å²) >= 11 is 0. The van der Waals surface area contributed by atoms with E-state index in [2.05, 4.69) is 4.98 Å². The van der Waals surface area contributed by atoms with Crippen LogP contribution in [0.15, 0.2) is 76.3 Å². The minimum Gasteiger partial charge on any atom is -0.493 e. The molecule has 5 heteroatoms. The lowest BCUT2D eigenvalue weighted by Crippen LogP contribution is -2.03. The maximum atomic E-state index is 11.7. The summed E-state index contributed by atoms with van der Waals surface area (Å²) in [6, 6.07) is 16.5. The van der Waals surface area contributed by atoms with Gasteiger partial charge in [-0.05, 0) is 37.1 Å². The van der Waals surface area contributed by atoms with Crippen LogP contribution in [-0.4, -0.2) is 18.2 Å². The third kappa shape index (κ3) is 3.92. The van der Waals surface area contributed by atoms with Gasteiger partial charge in [0, 0.05) is 23.7 Å². The Morgan fingerprint density at radius 1 is 0.926 bits per heavy atom. The van der Waals surface area contributed by atoms with Crippen molar-refractivity contribution in [2.24, 2.45) is 0 Å². The van der Waals surface area contributed by atoms with Gasteiger partial charge in [-0.25, -0.2) is 0 Å². The first-order valence-electron chi connectivity index (χ1n) is 8.92. The first kappa shape index (κ1) is 17.1. The highest BCUT2D eigenvalue weighted by molar-refractivity contribution is 5.84. The van der Waals surface area contributed by atoms with Crippen LogP contribution >= 0.6 is 0 Å². The lowest BCUT2D eigenvalue weighted by molar-refractivity contribution is 0.268. The number of ether oxygens (including phenoxy) is 2. The van der Waals surface area contributed by atoms with E-state index in [1.54, 1.807) is 24.4 Å². The molecule has 0 bridgehead atoms. The maximum Gasteiger partial charge on any atom is 0.192 e. The van der Waals surface area contributed by atoms with Crippen LogP contribution in [-0.2, 0) is 0 Å². The number of rotatable bonds is 7. The minimum absolute atomic E-state index is 0.0529. The van der Waals surface area contributed by atoms with Crippen LogP contribution in [0.25, 0.3) is 21.9 Å². The molecule has 0 N–H and O–H groups in total. The molecule has 4 rings (SSSR count). The molecule has 0 radical (unpaired) electrons. The molecular weight excluding hydrogens is 342 g/mol. The van der Waals surface area contributed by atoms with Crippen molar-refractivity contribution in [2.45, 2.75) is 12.8 Å². The first-order valence-corrected chi connectivity index (χ1v) is 8.92. The van der Waals surface area contributed by atoms with Crippen LogP contribution in [0.5, 0.6) is 11.5 Å². The second-order valence-electron chi connectivity index (χ2n) is 6.18. The molecule has 2 aromatic carbocycles. The van der Waals surface area contributed by atoms with Gasteiger partial charge in [-0.3, -0.25) is 9.78 Å². The van der Waals surface area contributed by atoms with Gasteiger partial charge in [0.05, 0.1) is 24.9 Å². The van der Waals surface area contributed by atoms with E-state index in [9.17, 15) is 4.79 Å². The summed E-state index contributed by atoms with van der Waals surface area (Å²) in [5.74, 6) is 1.49. The van der Waals surface area contributed by atoms with Crippen LogP contribution in [0.3, 0.4) is 0 Å². The predicted molar refractivity (Wildman–Crippen MR) is 104 cm³/mol. The number of pyridine rings is 1. The molecule has 27 heavy (non-hydrogen) atoms. The van der Waals surface area contributed by atoms with E-state index in [0.29, 0.717) is 29.9 Å². The summed E-state index contributed by atoms with van der Waals surface area (Å²) in [6.45, 7) is 1.17. The summed E-state index contributed by atoms with van der Waals surface area (Å²) in [5.41, 5.74) is 1.36. The molecule has 0 saturated heterocycles. The van der Waals surface area contributed by atoms with Crippen LogP contribution in [0.1, 0.15) is 12.8 Å². The molecule has 0 saturated carbocycles. The van der Waals surface area contributed by atoms with Gasteiger partial charge in [-0.1, -0.05) is 18.2 Å². The molecule has 136 valence electrons. The Morgan fingerprint density at radius 3 is 2.70 bits per heavy atom. The van der Waals surface area contributed by atoms with E-state index in [1.807, 2.05) is 30.3 Å². The molecule has 0 aliphatic heterocycles. The van der Waals surface area contributed by atoms with Crippen molar-refractivity contribution in [1.82, 2.24) is 4.98 Å². The second kappa shape index (κ2) is 7.91. The number of nitrogens with zero attached hydrogens (tertiary/aromatic N) is 1. The van der Waals surface area contributed by atoms with E-state index in [4.69, 9.17) is 13.9 Å². The Kier molecular flexibility index (Phi) is 5.01. The molecule has 0 aliphatic rings. The van der Waals surface area contributed by atoms with Crippen molar-refractivity contribution in [3.63, 3.8) is 0 Å². The van der Waals surface area contributed by atoms with Crippen LogP contribution in [0.2, 0.25) is 0 Å². The van der Waals surface area contributed by atoms with Crippen molar-refractivity contribution in [1.29, 1.82) is 0 Å². The normalized spacial score (nSPS) is 11.0. The zero-order valence-corrected chi connectivity index (χ0v) is 14.8. The van der Waals surface area contributed by atoms with Crippen molar-refractivity contribution >= 4 is 21.9 Å². The fraction of sp³-hybridized carbons (Fsp3) is 0.182. The Labute approximate surface area is 156 Å². The molecule has 5 nitrogen and oxygen atoms in total. The molecule has 2 heterocycles. The highest BCUT2D eigenvalue weighted by Gasteiger charge is 2.04. The van der Waals surface area contributed by atoms with Gasteiger partial charge in [0.15, 0.2) is 5.43 Å². The number of aromatic nitrogens is 1. The molecule has 0 aliphatic carbocycles. The number of para-hydroxylation sites is 1. The molecule has 0 atom stereocenters. The lowest BCUT2D eigenvalue weighted by Gasteiger charge is -2.09. The average Bonchev–Trinajstić information content (AvgIpc) is 2.71.